The Kier molecular flexibility index (Phi) is 4.95. The monoisotopic (exact) mass is 381 g/mol. The normalized spacial score (nSPS) is 17.7. The van der Waals surface area contributed by atoms with E-state index in [-0.39, 0.29) is 23.3 Å². The standard InChI is InChI=1S/C18H17F2NO4S/c19-18(20)26(24,25)15-9-5-13(6-10-15)17(23)21-11-1-2-16(21)12-3-7-14(22)8-4-12/h3-10,16,18,22H,1-2,11H2/t16-/m1/s1. The summed E-state index contributed by atoms with van der Waals surface area (Å²) in [5.74, 6) is -3.65. The van der Waals surface area contributed by atoms with E-state index in [2.05, 4.69) is 0 Å². The molecule has 0 unspecified atom stereocenters. The van der Waals surface area contributed by atoms with Crippen molar-refractivity contribution in [3.8, 4) is 5.75 Å². The van der Waals surface area contributed by atoms with Crippen molar-refractivity contribution < 1.29 is 27.1 Å². The van der Waals surface area contributed by atoms with Gasteiger partial charge in [-0.25, -0.2) is 8.42 Å². The average Bonchev–Trinajstić information content (AvgIpc) is 3.11. The first kappa shape index (κ1) is 18.3. The number of halogens is 2. The van der Waals surface area contributed by atoms with Gasteiger partial charge in [0, 0.05) is 12.1 Å². The number of amides is 1. The minimum absolute atomic E-state index is 0.139. The first-order chi connectivity index (χ1) is 12.3. The molecule has 2 aromatic rings. The maximum atomic E-state index is 12.8. The Labute approximate surface area is 149 Å². The number of benzene rings is 2. The van der Waals surface area contributed by atoms with Gasteiger partial charge in [-0.2, -0.15) is 8.78 Å². The molecule has 1 saturated heterocycles. The van der Waals surface area contributed by atoms with Crippen LogP contribution in [0.2, 0.25) is 0 Å². The van der Waals surface area contributed by atoms with E-state index in [9.17, 15) is 27.1 Å². The molecular weight excluding hydrogens is 364 g/mol. The number of aromatic hydroxyl groups is 1. The van der Waals surface area contributed by atoms with Crippen molar-refractivity contribution in [3.05, 3.63) is 59.7 Å². The minimum Gasteiger partial charge on any atom is -0.508 e. The Balaban J connectivity index is 1.83. The first-order valence-corrected chi connectivity index (χ1v) is 9.57. The zero-order chi connectivity index (χ0) is 18.9. The number of alkyl halides is 2. The molecule has 8 heteroatoms. The van der Waals surface area contributed by atoms with Crippen molar-refractivity contribution in [2.45, 2.75) is 29.5 Å². The van der Waals surface area contributed by atoms with Crippen LogP contribution in [0, 0.1) is 0 Å². The van der Waals surface area contributed by atoms with E-state index in [1.807, 2.05) is 0 Å². The molecule has 1 fully saturated rings. The summed E-state index contributed by atoms with van der Waals surface area (Å²) in [7, 11) is -4.68. The molecule has 0 bridgehead atoms. The molecule has 26 heavy (non-hydrogen) atoms. The summed E-state index contributed by atoms with van der Waals surface area (Å²) in [5, 5.41) is 9.40. The Morgan fingerprint density at radius 2 is 1.69 bits per heavy atom. The molecule has 1 amide bonds. The van der Waals surface area contributed by atoms with Crippen molar-refractivity contribution in [3.63, 3.8) is 0 Å². The molecule has 0 saturated carbocycles. The van der Waals surface area contributed by atoms with Gasteiger partial charge >= 0.3 is 5.76 Å². The van der Waals surface area contributed by atoms with E-state index < -0.39 is 20.5 Å². The van der Waals surface area contributed by atoms with Gasteiger partial charge in [0.05, 0.1) is 10.9 Å². The molecule has 3 rings (SSSR count). The molecule has 1 aliphatic heterocycles. The van der Waals surface area contributed by atoms with Crippen LogP contribution < -0.4 is 0 Å². The molecule has 1 aliphatic rings. The number of phenols is 1. The SMILES string of the molecule is O=C(c1ccc(S(=O)(=O)C(F)F)cc1)N1CCC[C@@H]1c1ccc(O)cc1. The molecule has 0 aliphatic carbocycles. The van der Waals surface area contributed by atoms with Crippen LogP contribution in [-0.4, -0.2) is 36.6 Å². The molecule has 1 heterocycles. The summed E-state index contributed by atoms with van der Waals surface area (Å²) in [6.07, 6.45) is 1.59. The van der Waals surface area contributed by atoms with E-state index >= 15 is 0 Å². The Bertz CT molecular complexity index is 896. The van der Waals surface area contributed by atoms with Crippen molar-refractivity contribution in [1.82, 2.24) is 4.90 Å². The van der Waals surface area contributed by atoms with E-state index in [0.29, 0.717) is 6.54 Å². The second-order valence-corrected chi connectivity index (χ2v) is 8.00. The highest BCUT2D eigenvalue weighted by Gasteiger charge is 2.31. The zero-order valence-corrected chi connectivity index (χ0v) is 14.5. The third-order valence-corrected chi connectivity index (χ3v) is 5.85. The smallest absolute Gasteiger partial charge is 0.341 e. The van der Waals surface area contributed by atoms with Crippen LogP contribution >= 0.6 is 0 Å². The summed E-state index contributed by atoms with van der Waals surface area (Å²) >= 11 is 0. The number of carbonyl (C=O) groups is 1. The van der Waals surface area contributed by atoms with Gasteiger partial charge in [0.25, 0.3) is 5.91 Å². The van der Waals surface area contributed by atoms with Gasteiger partial charge in [0.2, 0.25) is 9.84 Å². The average molecular weight is 381 g/mol. The van der Waals surface area contributed by atoms with Crippen LogP contribution in [0.15, 0.2) is 53.4 Å². The maximum absolute atomic E-state index is 12.8. The van der Waals surface area contributed by atoms with Crippen LogP contribution in [0.5, 0.6) is 5.75 Å². The van der Waals surface area contributed by atoms with E-state index in [0.717, 1.165) is 30.5 Å². The molecule has 138 valence electrons. The molecule has 0 spiro atoms. The molecule has 1 N–H and O–H groups in total. The molecule has 1 atom stereocenters. The third-order valence-electron chi connectivity index (χ3n) is 4.46. The molecule has 5 nitrogen and oxygen atoms in total. The number of likely N-dealkylation sites (tertiary alicyclic amines) is 1. The summed E-state index contributed by atoms with van der Waals surface area (Å²) < 4.78 is 48.1. The fourth-order valence-electron chi connectivity index (χ4n) is 3.11. The van der Waals surface area contributed by atoms with E-state index in [1.165, 1.54) is 12.1 Å². The summed E-state index contributed by atoms with van der Waals surface area (Å²) in [5.41, 5.74) is 1.13. The van der Waals surface area contributed by atoms with Gasteiger partial charge in [-0.15, -0.1) is 0 Å². The lowest BCUT2D eigenvalue weighted by Crippen LogP contribution is -2.30. The van der Waals surface area contributed by atoms with Crippen LogP contribution in [0.3, 0.4) is 0 Å². The number of hydrogen-bond donors (Lipinski definition) is 1. The summed E-state index contributed by atoms with van der Waals surface area (Å²) in [6.45, 7) is 0.543. The second-order valence-electron chi connectivity index (χ2n) is 6.08. The lowest BCUT2D eigenvalue weighted by molar-refractivity contribution is 0.0735. The first-order valence-electron chi connectivity index (χ1n) is 8.03. The Morgan fingerprint density at radius 1 is 1.08 bits per heavy atom. The fraction of sp³-hybridized carbons (Fsp3) is 0.278. The molecule has 0 radical (unpaired) electrons. The molecule has 0 aromatic heterocycles. The van der Waals surface area contributed by atoms with Crippen molar-refractivity contribution in [2.75, 3.05) is 6.54 Å². The third kappa shape index (κ3) is 3.41. The number of rotatable bonds is 4. The highest BCUT2D eigenvalue weighted by Crippen LogP contribution is 2.34. The van der Waals surface area contributed by atoms with Gasteiger partial charge in [0.1, 0.15) is 5.75 Å². The summed E-state index contributed by atoms with van der Waals surface area (Å²) in [6, 6.07) is 11.0. The van der Waals surface area contributed by atoms with Crippen LogP contribution in [0.25, 0.3) is 0 Å². The van der Waals surface area contributed by atoms with Gasteiger partial charge in [0.15, 0.2) is 0 Å². The Morgan fingerprint density at radius 3 is 2.27 bits per heavy atom. The maximum Gasteiger partial charge on any atom is 0.341 e. The van der Waals surface area contributed by atoms with Crippen molar-refractivity contribution in [1.29, 1.82) is 0 Å². The highest BCUT2D eigenvalue weighted by molar-refractivity contribution is 7.91. The lowest BCUT2D eigenvalue weighted by atomic mass is 10.0. The zero-order valence-electron chi connectivity index (χ0n) is 13.7. The summed E-state index contributed by atoms with van der Waals surface area (Å²) in [4.78, 5) is 13.9. The molecular formula is C18H17F2NO4S. The number of hydrogen-bond acceptors (Lipinski definition) is 4. The Hall–Kier alpha value is -2.48. The van der Waals surface area contributed by atoms with Gasteiger partial charge in [-0.1, -0.05) is 12.1 Å². The van der Waals surface area contributed by atoms with E-state index in [1.54, 1.807) is 29.2 Å². The van der Waals surface area contributed by atoms with Gasteiger partial charge < -0.3 is 10.0 Å². The van der Waals surface area contributed by atoms with Crippen LogP contribution in [0.4, 0.5) is 8.78 Å². The lowest BCUT2D eigenvalue weighted by Gasteiger charge is -2.25. The predicted octanol–water partition coefficient (Wildman–Crippen LogP) is 3.37. The van der Waals surface area contributed by atoms with Gasteiger partial charge in [-0.05, 0) is 54.8 Å². The highest BCUT2D eigenvalue weighted by atomic mass is 32.2. The number of nitrogens with zero attached hydrogens (tertiary/aromatic N) is 1. The van der Waals surface area contributed by atoms with Crippen LogP contribution in [0.1, 0.15) is 34.8 Å². The quantitative estimate of drug-likeness (QED) is 0.881. The van der Waals surface area contributed by atoms with E-state index in [4.69, 9.17) is 0 Å². The topological polar surface area (TPSA) is 74.7 Å². The largest absolute Gasteiger partial charge is 0.508 e. The van der Waals surface area contributed by atoms with Crippen molar-refractivity contribution in [2.24, 2.45) is 0 Å². The van der Waals surface area contributed by atoms with Crippen molar-refractivity contribution >= 4 is 15.7 Å². The number of phenolic OH excluding ortho intramolecular Hbond substituents is 1. The van der Waals surface area contributed by atoms with Gasteiger partial charge in [-0.3, -0.25) is 4.79 Å². The molecule has 2 aromatic carbocycles. The minimum atomic E-state index is -4.68. The van der Waals surface area contributed by atoms with Crippen LogP contribution in [-0.2, 0) is 9.84 Å². The number of sulfone groups is 1. The second kappa shape index (κ2) is 7.03. The number of carbonyl (C=O) groups excluding carboxylic acids is 1. The predicted molar refractivity (Wildman–Crippen MR) is 90.8 cm³/mol. The fourth-order valence-corrected chi connectivity index (χ4v) is 3.83.